The van der Waals surface area contributed by atoms with E-state index in [1.807, 2.05) is 30.3 Å². The molecule has 2 atom stereocenters. The van der Waals surface area contributed by atoms with Gasteiger partial charge in [0.1, 0.15) is 0 Å². The molecule has 0 radical (unpaired) electrons. The average Bonchev–Trinajstić information content (AvgIpc) is 3.57. The van der Waals surface area contributed by atoms with Crippen LogP contribution in [0.15, 0.2) is 30.3 Å². The lowest BCUT2D eigenvalue weighted by molar-refractivity contribution is -0.142. The minimum atomic E-state index is -0.768. The van der Waals surface area contributed by atoms with Crippen LogP contribution in [0.3, 0.4) is 0 Å². The maximum Gasteiger partial charge on any atom is 0.308 e. The number of aromatic nitrogens is 1. The molecule has 1 aromatic heterocycles. The first-order valence-electron chi connectivity index (χ1n) is 9.53. The van der Waals surface area contributed by atoms with Crippen molar-refractivity contribution in [3.63, 3.8) is 0 Å². The highest BCUT2D eigenvalue weighted by atomic mass is 16.4. The van der Waals surface area contributed by atoms with Gasteiger partial charge in [-0.1, -0.05) is 18.2 Å². The number of carbonyl (C=O) groups is 2. The van der Waals surface area contributed by atoms with Crippen molar-refractivity contribution >= 4 is 22.8 Å². The number of aliphatic carboxylic acids is 1. The molecule has 134 valence electrons. The summed E-state index contributed by atoms with van der Waals surface area (Å²) in [7, 11) is 0. The van der Waals surface area contributed by atoms with E-state index in [1.54, 1.807) is 4.90 Å². The fourth-order valence-electron chi connectivity index (χ4n) is 4.39. The number of carboxylic acid groups (broad SMARTS) is 1. The second-order valence-electron chi connectivity index (χ2n) is 8.04. The molecular weight excluding hydrogens is 328 g/mol. The number of fused-ring (bicyclic) bond motifs is 1. The van der Waals surface area contributed by atoms with Crippen molar-refractivity contribution in [2.75, 3.05) is 13.1 Å². The van der Waals surface area contributed by atoms with Gasteiger partial charge >= 0.3 is 5.97 Å². The smallest absolute Gasteiger partial charge is 0.308 e. The Morgan fingerprint density at radius 1 is 1.08 bits per heavy atom. The van der Waals surface area contributed by atoms with E-state index in [0.717, 1.165) is 42.3 Å². The molecule has 1 amide bonds. The normalized spacial score (nSPS) is 25.6. The molecule has 2 aromatic rings. The topological polar surface area (TPSA) is 70.5 Å². The first kappa shape index (κ1) is 15.8. The van der Waals surface area contributed by atoms with Crippen LogP contribution < -0.4 is 0 Å². The summed E-state index contributed by atoms with van der Waals surface area (Å²) >= 11 is 0. The van der Waals surface area contributed by atoms with Crippen LogP contribution in [0.1, 0.15) is 47.7 Å². The number of likely N-dealkylation sites (tertiary alicyclic amines) is 1. The summed E-state index contributed by atoms with van der Waals surface area (Å²) in [6.45, 7) is 0.890. The molecule has 26 heavy (non-hydrogen) atoms. The van der Waals surface area contributed by atoms with Gasteiger partial charge in [0.2, 0.25) is 0 Å². The highest BCUT2D eigenvalue weighted by Crippen LogP contribution is 2.45. The summed E-state index contributed by atoms with van der Waals surface area (Å²) in [5.74, 6) is -0.189. The van der Waals surface area contributed by atoms with Crippen molar-refractivity contribution < 1.29 is 14.7 Å². The highest BCUT2D eigenvalue weighted by Gasteiger charge is 2.47. The number of hydrogen-bond donors (Lipinski definition) is 1. The molecule has 1 aromatic carbocycles. The second kappa shape index (κ2) is 5.79. The number of pyridine rings is 1. The monoisotopic (exact) mass is 350 g/mol. The largest absolute Gasteiger partial charge is 0.481 e. The Kier molecular flexibility index (Phi) is 3.52. The molecule has 3 aliphatic rings. The number of hydrogen-bond acceptors (Lipinski definition) is 3. The Labute approximate surface area is 152 Å². The number of rotatable bonds is 4. The third kappa shape index (κ3) is 2.66. The van der Waals surface area contributed by atoms with Crippen LogP contribution >= 0.6 is 0 Å². The van der Waals surface area contributed by atoms with Crippen molar-refractivity contribution in [1.82, 2.24) is 9.88 Å². The van der Waals surface area contributed by atoms with Crippen LogP contribution in [0.4, 0.5) is 0 Å². The Morgan fingerprint density at radius 3 is 2.54 bits per heavy atom. The summed E-state index contributed by atoms with van der Waals surface area (Å²) in [4.78, 5) is 31.5. The fraction of sp³-hybridized carbons (Fsp3) is 0.476. The molecule has 2 saturated carbocycles. The van der Waals surface area contributed by atoms with Gasteiger partial charge in [0.05, 0.1) is 17.0 Å². The van der Waals surface area contributed by atoms with Crippen LogP contribution in [0, 0.1) is 17.8 Å². The molecule has 2 heterocycles. The Hall–Kier alpha value is -2.43. The first-order chi connectivity index (χ1) is 12.6. The van der Waals surface area contributed by atoms with E-state index in [1.165, 1.54) is 0 Å². The number of benzene rings is 1. The quantitative estimate of drug-likeness (QED) is 0.918. The highest BCUT2D eigenvalue weighted by molar-refractivity contribution is 6.06. The van der Waals surface area contributed by atoms with E-state index >= 15 is 0 Å². The minimum Gasteiger partial charge on any atom is -0.481 e. The third-order valence-electron chi connectivity index (χ3n) is 6.16. The van der Waals surface area contributed by atoms with Crippen molar-refractivity contribution in [3.8, 4) is 0 Å². The van der Waals surface area contributed by atoms with E-state index in [4.69, 9.17) is 4.98 Å². The summed E-state index contributed by atoms with van der Waals surface area (Å²) < 4.78 is 0. The zero-order valence-corrected chi connectivity index (χ0v) is 14.6. The molecule has 5 heteroatoms. The minimum absolute atomic E-state index is 0.0418. The number of para-hydroxylation sites is 1. The molecule has 5 rings (SSSR count). The van der Waals surface area contributed by atoms with Gasteiger partial charge in [-0.15, -0.1) is 0 Å². The summed E-state index contributed by atoms with van der Waals surface area (Å²) in [5.41, 5.74) is 2.53. The van der Waals surface area contributed by atoms with Crippen molar-refractivity contribution in [2.45, 2.75) is 31.6 Å². The predicted molar refractivity (Wildman–Crippen MR) is 97.0 cm³/mol. The van der Waals surface area contributed by atoms with Crippen molar-refractivity contribution in [3.05, 3.63) is 41.6 Å². The van der Waals surface area contributed by atoms with Gasteiger partial charge in [0, 0.05) is 30.1 Å². The summed E-state index contributed by atoms with van der Waals surface area (Å²) in [6.07, 6.45) is 4.46. The Balaban J connectivity index is 1.51. The van der Waals surface area contributed by atoms with Gasteiger partial charge in [-0.05, 0) is 49.7 Å². The van der Waals surface area contributed by atoms with E-state index in [2.05, 4.69) is 0 Å². The Bertz CT molecular complexity index is 901. The van der Waals surface area contributed by atoms with Crippen molar-refractivity contribution in [1.29, 1.82) is 0 Å². The predicted octanol–water partition coefficient (Wildman–Crippen LogP) is 3.30. The van der Waals surface area contributed by atoms with Crippen LogP contribution in [0.25, 0.3) is 10.9 Å². The maximum absolute atomic E-state index is 13.3. The average molecular weight is 350 g/mol. The molecule has 0 spiro atoms. The SMILES string of the molecule is O=C(O)[C@H]1CN(C(=O)c2cc(C3CC3)nc3ccccc23)C[C@@H]1C1CC1. The fourth-order valence-corrected chi connectivity index (χ4v) is 4.39. The van der Waals surface area contributed by atoms with E-state index < -0.39 is 11.9 Å². The molecule has 0 bridgehead atoms. The summed E-state index contributed by atoms with van der Waals surface area (Å²) in [6, 6.07) is 9.71. The van der Waals surface area contributed by atoms with Crippen molar-refractivity contribution in [2.24, 2.45) is 17.8 Å². The van der Waals surface area contributed by atoms with E-state index in [9.17, 15) is 14.7 Å². The van der Waals surface area contributed by atoms with Crippen LogP contribution in [-0.4, -0.2) is 40.0 Å². The molecule has 2 aliphatic carbocycles. The van der Waals surface area contributed by atoms with Gasteiger partial charge in [0.15, 0.2) is 0 Å². The van der Waals surface area contributed by atoms with Crippen LogP contribution in [-0.2, 0) is 4.79 Å². The van der Waals surface area contributed by atoms with Gasteiger partial charge in [-0.25, -0.2) is 0 Å². The number of amides is 1. The second-order valence-corrected chi connectivity index (χ2v) is 8.04. The van der Waals surface area contributed by atoms with E-state index in [-0.39, 0.29) is 11.8 Å². The molecule has 0 unspecified atom stereocenters. The standard InChI is InChI=1S/C21H22N2O3/c24-20(23-10-16(12-5-6-12)17(11-23)21(25)26)15-9-19(13-7-8-13)22-18-4-2-1-3-14(15)18/h1-4,9,12-13,16-17H,5-8,10-11H2,(H,25,26)/t16-,17+/m1/s1. The summed E-state index contributed by atoms with van der Waals surface area (Å²) in [5, 5.41) is 10.4. The number of carbonyl (C=O) groups excluding carboxylic acids is 1. The lowest BCUT2D eigenvalue weighted by atomic mass is 9.92. The molecule has 1 saturated heterocycles. The number of carboxylic acids is 1. The van der Waals surface area contributed by atoms with Crippen LogP contribution in [0.5, 0.6) is 0 Å². The van der Waals surface area contributed by atoms with E-state index in [0.29, 0.717) is 30.5 Å². The molecule has 1 aliphatic heterocycles. The van der Waals surface area contributed by atoms with Crippen LogP contribution in [0.2, 0.25) is 0 Å². The lowest BCUT2D eigenvalue weighted by Crippen LogP contribution is -2.30. The maximum atomic E-state index is 13.3. The molecule has 1 N–H and O–H groups in total. The Morgan fingerprint density at radius 2 is 1.85 bits per heavy atom. The molecule has 3 fully saturated rings. The van der Waals surface area contributed by atoms with Gasteiger partial charge < -0.3 is 10.0 Å². The number of nitrogens with zero attached hydrogens (tertiary/aromatic N) is 2. The zero-order chi connectivity index (χ0) is 17.8. The first-order valence-corrected chi connectivity index (χ1v) is 9.53. The van der Waals surface area contributed by atoms with Gasteiger partial charge in [-0.3, -0.25) is 14.6 Å². The molecule has 5 nitrogen and oxygen atoms in total. The zero-order valence-electron chi connectivity index (χ0n) is 14.6. The van der Waals surface area contributed by atoms with Gasteiger partial charge in [-0.2, -0.15) is 0 Å². The van der Waals surface area contributed by atoms with Gasteiger partial charge in [0.25, 0.3) is 5.91 Å². The third-order valence-corrected chi connectivity index (χ3v) is 6.16. The lowest BCUT2D eigenvalue weighted by Gasteiger charge is -2.18. The molecular formula is C21H22N2O3.